The highest BCUT2D eigenvalue weighted by atomic mass is 16.3. The number of anilines is 3. The molecule has 10 rings (SSSR count). The third-order valence-electron chi connectivity index (χ3n) is 12.6. The molecule has 1 aromatic heterocycles. The van der Waals surface area contributed by atoms with Crippen LogP contribution in [0.15, 0.2) is 132 Å². The zero-order chi connectivity index (χ0) is 37.5. The van der Waals surface area contributed by atoms with Gasteiger partial charge in [0.15, 0.2) is 0 Å². The lowest BCUT2D eigenvalue weighted by Crippen LogP contribution is -2.64. The van der Waals surface area contributed by atoms with Crippen molar-refractivity contribution in [1.82, 2.24) is 0 Å². The van der Waals surface area contributed by atoms with Crippen molar-refractivity contribution in [3.05, 3.63) is 167 Å². The molecule has 7 aromatic rings. The largest absolute Gasteiger partial charge is 0.460 e. The monoisotopic (exact) mass is 701 g/mol. The van der Waals surface area contributed by atoms with Gasteiger partial charge >= 0.3 is 0 Å². The maximum atomic E-state index is 7.45. The van der Waals surface area contributed by atoms with Gasteiger partial charge in [-0.2, -0.15) is 0 Å². The van der Waals surface area contributed by atoms with Gasteiger partial charge in [0.2, 0.25) is 0 Å². The molecule has 266 valence electrons. The van der Waals surface area contributed by atoms with Crippen LogP contribution in [0.5, 0.6) is 0 Å². The topological polar surface area (TPSA) is 16.4 Å². The zero-order valence-corrected chi connectivity index (χ0v) is 33.1. The van der Waals surface area contributed by atoms with Crippen LogP contribution in [0.4, 0.5) is 17.1 Å². The highest BCUT2D eigenvalue weighted by molar-refractivity contribution is 7.00. The molecule has 0 amide bonds. The molecular formula is C51H48BNO. The maximum Gasteiger partial charge on any atom is 0.252 e. The molecular weight excluding hydrogens is 653 g/mol. The number of para-hydroxylation sites is 1. The van der Waals surface area contributed by atoms with Gasteiger partial charge in [-0.25, -0.2) is 0 Å². The summed E-state index contributed by atoms with van der Waals surface area (Å²) in [4.78, 5) is 2.56. The van der Waals surface area contributed by atoms with Crippen molar-refractivity contribution < 1.29 is 4.42 Å². The Morgan fingerprint density at radius 1 is 0.500 bits per heavy atom. The minimum absolute atomic E-state index is 0.0115. The van der Waals surface area contributed by atoms with E-state index in [0.717, 1.165) is 11.3 Å². The fourth-order valence-electron chi connectivity index (χ4n) is 9.82. The summed E-state index contributed by atoms with van der Waals surface area (Å²) < 4.78 is 7.45. The third kappa shape index (κ3) is 4.42. The predicted octanol–water partition coefficient (Wildman–Crippen LogP) is 11.3. The Hall–Kier alpha value is -5.28. The van der Waals surface area contributed by atoms with E-state index < -0.39 is 5.41 Å². The summed E-state index contributed by atoms with van der Waals surface area (Å²) in [6.07, 6.45) is 0. The van der Waals surface area contributed by atoms with E-state index in [-0.39, 0.29) is 23.0 Å². The molecule has 54 heavy (non-hydrogen) atoms. The van der Waals surface area contributed by atoms with Gasteiger partial charge in [-0.05, 0) is 114 Å². The second kappa shape index (κ2) is 10.9. The van der Waals surface area contributed by atoms with Crippen LogP contribution in [0.1, 0.15) is 101 Å². The van der Waals surface area contributed by atoms with E-state index in [4.69, 9.17) is 4.42 Å². The van der Waals surface area contributed by atoms with E-state index in [0.29, 0.717) is 0 Å². The Balaban J connectivity index is 1.41. The Bertz CT molecular complexity index is 2630. The van der Waals surface area contributed by atoms with Crippen molar-refractivity contribution in [1.29, 1.82) is 0 Å². The normalized spacial score (nSPS) is 15.2. The van der Waals surface area contributed by atoms with Crippen LogP contribution in [0.3, 0.4) is 0 Å². The first kappa shape index (κ1) is 33.3. The first-order valence-electron chi connectivity index (χ1n) is 19.6. The smallest absolute Gasteiger partial charge is 0.252 e. The lowest BCUT2D eigenvalue weighted by molar-refractivity contribution is 0.498. The maximum absolute atomic E-state index is 7.45. The first-order chi connectivity index (χ1) is 25.7. The molecule has 3 heteroatoms. The molecule has 1 spiro atoms. The van der Waals surface area contributed by atoms with Crippen LogP contribution in [0, 0.1) is 0 Å². The number of rotatable bonds is 1. The molecule has 2 aliphatic heterocycles. The van der Waals surface area contributed by atoms with Gasteiger partial charge in [0.25, 0.3) is 6.71 Å². The Kier molecular flexibility index (Phi) is 6.73. The van der Waals surface area contributed by atoms with E-state index in [9.17, 15) is 0 Å². The SMILES string of the molecule is CC(C)(C)c1ccc(N2c3ccccc3B3c4c2cc(C(C)(C)C)cc4C2(c4ccccc4-c4ccccc42)c2oc4ccc(C(C)(C)C)cc4c23)cc1. The van der Waals surface area contributed by atoms with Gasteiger partial charge in [-0.3, -0.25) is 0 Å². The molecule has 3 heterocycles. The Morgan fingerprint density at radius 3 is 1.70 bits per heavy atom. The molecule has 0 bridgehead atoms. The van der Waals surface area contributed by atoms with Gasteiger partial charge < -0.3 is 9.32 Å². The molecule has 0 unspecified atom stereocenters. The number of furan rings is 1. The summed E-state index contributed by atoms with van der Waals surface area (Å²) in [5.74, 6) is 1.06. The van der Waals surface area contributed by atoms with Gasteiger partial charge in [0.1, 0.15) is 16.8 Å². The Morgan fingerprint density at radius 2 is 1.07 bits per heavy atom. The molecule has 1 aliphatic carbocycles. The highest BCUT2D eigenvalue weighted by Crippen LogP contribution is 2.59. The summed E-state index contributed by atoms with van der Waals surface area (Å²) in [5.41, 5.74) is 18.4. The van der Waals surface area contributed by atoms with Crippen LogP contribution in [-0.4, -0.2) is 6.71 Å². The second-order valence-electron chi connectivity index (χ2n) is 19.0. The van der Waals surface area contributed by atoms with Crippen molar-refractivity contribution in [2.45, 2.75) is 84.0 Å². The molecule has 2 nitrogen and oxygen atoms in total. The molecule has 0 radical (unpaired) electrons. The summed E-state index contributed by atoms with van der Waals surface area (Å²) in [6, 6.07) is 48.6. The van der Waals surface area contributed by atoms with Crippen LogP contribution in [-0.2, 0) is 21.7 Å². The minimum Gasteiger partial charge on any atom is -0.460 e. The van der Waals surface area contributed by atoms with Gasteiger partial charge in [-0.15, -0.1) is 0 Å². The zero-order valence-electron chi connectivity index (χ0n) is 33.1. The van der Waals surface area contributed by atoms with E-state index in [1.807, 2.05) is 0 Å². The van der Waals surface area contributed by atoms with E-state index >= 15 is 0 Å². The predicted molar refractivity (Wildman–Crippen MR) is 229 cm³/mol. The number of benzene rings is 6. The van der Waals surface area contributed by atoms with E-state index in [1.54, 1.807) is 0 Å². The average molecular weight is 702 g/mol. The summed E-state index contributed by atoms with van der Waals surface area (Å²) >= 11 is 0. The van der Waals surface area contributed by atoms with Crippen LogP contribution in [0.2, 0.25) is 0 Å². The minimum atomic E-state index is -0.640. The molecule has 0 atom stereocenters. The van der Waals surface area contributed by atoms with Gasteiger partial charge in [-0.1, -0.05) is 153 Å². The van der Waals surface area contributed by atoms with E-state index in [1.165, 1.54) is 83.3 Å². The standard InChI is InChI=1S/C51H48BNO/c1-48(2,3)31-22-25-34(26-23-31)53-42-21-15-14-20-41(42)52-45-37-28-32(49(4,5)6)24-27-44(37)54-47(45)51(40-29-33(50(7,8)9)30-43(53)46(40)52)38-18-12-10-16-35(38)36-17-11-13-19-39(36)51/h10-30H,1-9H3. The van der Waals surface area contributed by atoms with Gasteiger partial charge in [0.05, 0.1) is 0 Å². The number of hydrogen-bond acceptors (Lipinski definition) is 2. The van der Waals surface area contributed by atoms with Crippen molar-refractivity contribution in [3.63, 3.8) is 0 Å². The fourth-order valence-corrected chi connectivity index (χ4v) is 9.82. The van der Waals surface area contributed by atoms with Crippen LogP contribution < -0.4 is 21.3 Å². The molecule has 3 aliphatic rings. The number of fused-ring (bicyclic) bond motifs is 13. The lowest BCUT2D eigenvalue weighted by Gasteiger charge is -2.46. The second-order valence-corrected chi connectivity index (χ2v) is 19.0. The van der Waals surface area contributed by atoms with Crippen LogP contribution >= 0.6 is 0 Å². The molecule has 0 fully saturated rings. The molecule has 0 N–H and O–H groups in total. The van der Waals surface area contributed by atoms with Crippen molar-refractivity contribution >= 4 is 51.1 Å². The molecule has 0 saturated carbocycles. The number of nitrogens with zero attached hydrogens (tertiary/aromatic N) is 1. The first-order valence-corrected chi connectivity index (χ1v) is 19.6. The van der Waals surface area contributed by atoms with Gasteiger partial charge in [0, 0.05) is 22.4 Å². The highest BCUT2D eigenvalue weighted by Gasteiger charge is 2.58. The fraction of sp³-hybridized carbons (Fsp3) is 0.255. The lowest BCUT2D eigenvalue weighted by atomic mass is 9.30. The van der Waals surface area contributed by atoms with Crippen molar-refractivity contribution in [2.24, 2.45) is 0 Å². The number of hydrogen-bond donors (Lipinski definition) is 0. The Labute approximate surface area is 321 Å². The molecule has 6 aromatic carbocycles. The quantitative estimate of drug-likeness (QED) is 0.158. The van der Waals surface area contributed by atoms with Crippen LogP contribution in [0.25, 0.3) is 22.1 Å². The molecule has 0 saturated heterocycles. The summed E-state index contributed by atoms with van der Waals surface area (Å²) in [5, 5.41) is 1.22. The summed E-state index contributed by atoms with van der Waals surface area (Å²) in [6.45, 7) is 20.9. The average Bonchev–Trinajstić information content (AvgIpc) is 3.66. The van der Waals surface area contributed by atoms with Crippen molar-refractivity contribution in [3.8, 4) is 11.1 Å². The van der Waals surface area contributed by atoms with Crippen molar-refractivity contribution in [2.75, 3.05) is 4.90 Å². The third-order valence-corrected chi connectivity index (χ3v) is 12.6. The van der Waals surface area contributed by atoms with E-state index in [2.05, 4.69) is 195 Å². The summed E-state index contributed by atoms with van der Waals surface area (Å²) in [7, 11) is 0.